The Labute approximate surface area is 156 Å². The summed E-state index contributed by atoms with van der Waals surface area (Å²) in [5.74, 6) is 0. The third kappa shape index (κ3) is 15.7. The van der Waals surface area contributed by atoms with Gasteiger partial charge in [0, 0.05) is 0 Å². The summed E-state index contributed by atoms with van der Waals surface area (Å²) in [7, 11) is -10.2. The van der Waals surface area contributed by atoms with Crippen molar-refractivity contribution in [2.45, 2.75) is 77.7 Å². The van der Waals surface area contributed by atoms with Gasteiger partial charge in [-0.2, -0.15) is 8.42 Å². The molecular weight excluding hydrogens is 343 g/mol. The zero-order chi connectivity index (χ0) is 16.4. The van der Waals surface area contributed by atoms with E-state index >= 15 is 0 Å². The van der Waals surface area contributed by atoms with Gasteiger partial charge in [-0.3, -0.25) is 0 Å². The van der Waals surface area contributed by atoms with Crippen LogP contribution in [0.2, 0.25) is 0 Å². The Morgan fingerprint density at radius 3 is 1.77 bits per heavy atom. The Morgan fingerprint density at radius 2 is 1.32 bits per heavy atom. The number of rotatable bonds is 13. The summed E-state index contributed by atoms with van der Waals surface area (Å²) in [6.45, 7) is 4.08. The molecule has 0 saturated heterocycles. The molecule has 22 heavy (non-hydrogen) atoms. The first-order chi connectivity index (χ1) is 9.70. The molecule has 0 N–H and O–H groups in total. The van der Waals surface area contributed by atoms with E-state index in [1.165, 1.54) is 0 Å². The van der Waals surface area contributed by atoms with Gasteiger partial charge in [-0.1, -0.05) is 58.8 Å². The van der Waals surface area contributed by atoms with Crippen molar-refractivity contribution in [2.24, 2.45) is 0 Å². The first kappa shape index (κ1) is 25.0. The molecule has 0 heterocycles. The first-order valence-corrected chi connectivity index (χ1v) is 9.97. The van der Waals surface area contributed by atoms with Crippen molar-refractivity contribution in [1.82, 2.24) is 0 Å². The minimum absolute atomic E-state index is 0. The second-order valence-electron chi connectivity index (χ2n) is 4.95. The second-order valence-corrected chi connectivity index (χ2v) is 7.32. The van der Waals surface area contributed by atoms with Crippen molar-refractivity contribution < 1.29 is 58.8 Å². The zero-order valence-corrected chi connectivity index (χ0v) is 17.2. The van der Waals surface area contributed by atoms with E-state index in [9.17, 15) is 21.4 Å². The predicted octanol–water partition coefficient (Wildman–Crippen LogP) is -0.352. The molecule has 0 aliphatic carbocycles. The number of hydrogen-bond acceptors (Lipinski definition) is 7. The summed E-state index contributed by atoms with van der Waals surface area (Å²) in [5, 5.41) is 0. The minimum atomic E-state index is -5.34. The van der Waals surface area contributed by atoms with E-state index in [4.69, 9.17) is 4.18 Å². The van der Waals surface area contributed by atoms with E-state index in [0.717, 1.165) is 44.9 Å². The van der Waals surface area contributed by atoms with Gasteiger partial charge in [-0.05, 0) is 12.8 Å². The fourth-order valence-electron chi connectivity index (χ4n) is 1.95. The van der Waals surface area contributed by atoms with Crippen LogP contribution in [-0.4, -0.2) is 27.5 Å². The largest absolute Gasteiger partial charge is 1.00 e. The molecule has 1 atom stereocenters. The van der Waals surface area contributed by atoms with Crippen LogP contribution >= 0.6 is 0 Å². The molecule has 128 valence electrons. The molecule has 7 nitrogen and oxygen atoms in total. The van der Waals surface area contributed by atoms with Gasteiger partial charge >= 0.3 is 40.0 Å². The van der Waals surface area contributed by atoms with Crippen LogP contribution in [0.3, 0.4) is 0 Å². The molecule has 10 heteroatoms. The van der Waals surface area contributed by atoms with E-state index in [2.05, 4.69) is 10.6 Å². The van der Waals surface area contributed by atoms with Gasteiger partial charge in [-0.15, -0.1) is 3.63 Å². The molecule has 0 saturated carbocycles. The van der Waals surface area contributed by atoms with Crippen molar-refractivity contribution >= 4 is 20.8 Å². The molecule has 0 aliphatic rings. The molecule has 0 fully saturated rings. The van der Waals surface area contributed by atoms with Crippen LogP contribution in [0.4, 0.5) is 0 Å². The third-order valence-electron chi connectivity index (χ3n) is 2.93. The Balaban J connectivity index is 0. The fourth-order valence-corrected chi connectivity index (χ4v) is 3.42. The van der Waals surface area contributed by atoms with E-state index in [0.29, 0.717) is 12.8 Å². The van der Waals surface area contributed by atoms with Crippen molar-refractivity contribution in [2.75, 3.05) is 0 Å². The summed E-state index contributed by atoms with van der Waals surface area (Å²) in [4.78, 5) is 0. The molecular formula is C12H25NaO7S2. The summed E-state index contributed by atoms with van der Waals surface area (Å²) < 4.78 is 61.9. The SMILES string of the molecule is CCCCCCC(CCCCC)OS(=O)(=O)OS(=O)(=O)[O-].[Na+]. The predicted molar refractivity (Wildman–Crippen MR) is 77.5 cm³/mol. The van der Waals surface area contributed by atoms with Crippen LogP contribution in [0, 0.1) is 0 Å². The molecule has 0 aromatic rings. The van der Waals surface area contributed by atoms with Crippen molar-refractivity contribution in [3.63, 3.8) is 0 Å². The van der Waals surface area contributed by atoms with Crippen LogP contribution in [0.15, 0.2) is 0 Å². The average Bonchev–Trinajstić information content (AvgIpc) is 2.31. The molecule has 0 aromatic carbocycles. The van der Waals surface area contributed by atoms with E-state index in [1.54, 1.807) is 0 Å². The van der Waals surface area contributed by atoms with Crippen LogP contribution in [0.5, 0.6) is 0 Å². The van der Waals surface area contributed by atoms with Gasteiger partial charge < -0.3 is 4.55 Å². The first-order valence-electron chi connectivity index (χ1n) is 7.30. The summed E-state index contributed by atoms with van der Waals surface area (Å²) in [6.07, 6.45) is 6.82. The van der Waals surface area contributed by atoms with Crippen molar-refractivity contribution in [1.29, 1.82) is 0 Å². The quantitative estimate of drug-likeness (QED) is 0.189. The summed E-state index contributed by atoms with van der Waals surface area (Å²) in [5.41, 5.74) is 0. The van der Waals surface area contributed by atoms with E-state index < -0.39 is 26.9 Å². The standard InChI is InChI=1S/C12H26O7S2.Na/c1-3-5-7-9-11-12(10-8-6-4-2)18-21(16,17)19-20(13,14)15;/h12H,3-11H2,1-2H3,(H,13,14,15);/q;+1/p-1. The monoisotopic (exact) mass is 368 g/mol. The van der Waals surface area contributed by atoms with Crippen molar-refractivity contribution in [3.05, 3.63) is 0 Å². The van der Waals surface area contributed by atoms with Gasteiger partial charge in [-0.25, -0.2) is 12.6 Å². The number of unbranched alkanes of at least 4 members (excludes halogenated alkanes) is 5. The molecule has 0 bridgehead atoms. The topological polar surface area (TPSA) is 110 Å². The Hall–Kier alpha value is 0.780. The molecule has 0 rings (SSSR count). The molecule has 1 unspecified atom stereocenters. The molecule has 0 aromatic heterocycles. The number of hydrogen-bond donors (Lipinski definition) is 0. The maximum Gasteiger partial charge on any atom is 1.00 e. The molecule has 0 radical (unpaired) electrons. The second kappa shape index (κ2) is 13.1. The maximum atomic E-state index is 11.4. The van der Waals surface area contributed by atoms with Crippen LogP contribution in [0.1, 0.15) is 71.6 Å². The van der Waals surface area contributed by atoms with E-state index in [1.807, 2.05) is 6.92 Å². The van der Waals surface area contributed by atoms with Crippen LogP contribution in [-0.2, 0) is 28.6 Å². The van der Waals surface area contributed by atoms with Crippen LogP contribution in [0.25, 0.3) is 0 Å². The smallest absolute Gasteiger partial charge is 0.725 e. The van der Waals surface area contributed by atoms with Gasteiger partial charge in [0.25, 0.3) is 0 Å². The maximum absolute atomic E-state index is 11.4. The van der Waals surface area contributed by atoms with Crippen LogP contribution < -0.4 is 29.6 Å². The van der Waals surface area contributed by atoms with Gasteiger partial charge in [0.2, 0.25) is 10.4 Å². The zero-order valence-electron chi connectivity index (χ0n) is 13.6. The summed E-state index contributed by atoms with van der Waals surface area (Å²) >= 11 is 0. The third-order valence-corrected chi connectivity index (χ3v) is 4.77. The minimum Gasteiger partial charge on any atom is -0.725 e. The Kier molecular flexibility index (Phi) is 14.9. The van der Waals surface area contributed by atoms with Crippen molar-refractivity contribution in [3.8, 4) is 0 Å². The Morgan fingerprint density at radius 1 is 0.864 bits per heavy atom. The van der Waals surface area contributed by atoms with Gasteiger partial charge in [0.15, 0.2) is 0 Å². The van der Waals surface area contributed by atoms with E-state index in [-0.39, 0.29) is 29.6 Å². The van der Waals surface area contributed by atoms with Gasteiger partial charge in [0.1, 0.15) is 0 Å². The Bertz CT molecular complexity index is 462. The van der Waals surface area contributed by atoms with Gasteiger partial charge in [0.05, 0.1) is 6.10 Å². The molecule has 0 amide bonds. The average molecular weight is 368 g/mol. The normalized spacial score (nSPS) is 13.6. The fraction of sp³-hybridized carbons (Fsp3) is 1.00. The summed E-state index contributed by atoms with van der Waals surface area (Å²) in [6, 6.07) is 0. The molecule has 0 aliphatic heterocycles. The molecule has 0 spiro atoms.